The van der Waals surface area contributed by atoms with E-state index in [0.29, 0.717) is 31.1 Å². The van der Waals surface area contributed by atoms with Gasteiger partial charge >= 0.3 is 0 Å². The van der Waals surface area contributed by atoms with E-state index in [1.807, 2.05) is 6.07 Å². The highest BCUT2D eigenvalue weighted by Crippen LogP contribution is 2.21. The normalized spacial score (nSPS) is 17.4. The first-order valence-electron chi connectivity index (χ1n) is 7.01. The first-order chi connectivity index (χ1) is 9.64. The molecule has 2 rings (SSSR count). The van der Waals surface area contributed by atoms with Crippen molar-refractivity contribution in [2.45, 2.75) is 30.3 Å². The van der Waals surface area contributed by atoms with E-state index in [1.54, 1.807) is 28.6 Å². The molecule has 2 N–H and O–H groups in total. The highest BCUT2D eigenvalue weighted by molar-refractivity contribution is 7.89. The summed E-state index contributed by atoms with van der Waals surface area (Å²) >= 11 is 0. The van der Waals surface area contributed by atoms with E-state index in [2.05, 4.69) is 0 Å². The predicted molar refractivity (Wildman–Crippen MR) is 85.1 cm³/mol. The Labute approximate surface area is 132 Å². The molecule has 5 nitrogen and oxygen atoms in total. The summed E-state index contributed by atoms with van der Waals surface area (Å²) in [6, 6.07) is 8.58. The second-order valence-electron chi connectivity index (χ2n) is 4.93. The van der Waals surface area contributed by atoms with Gasteiger partial charge in [-0.3, -0.25) is 0 Å². The summed E-state index contributed by atoms with van der Waals surface area (Å²) in [6.45, 7) is 2.32. The second-order valence-corrected chi connectivity index (χ2v) is 6.87. The monoisotopic (exact) mass is 334 g/mol. The van der Waals surface area contributed by atoms with Crippen LogP contribution in [-0.2, 0) is 14.8 Å². The summed E-state index contributed by atoms with van der Waals surface area (Å²) in [5, 5.41) is 0. The number of piperidine rings is 1. The van der Waals surface area contributed by atoms with Crippen LogP contribution in [0.4, 0.5) is 0 Å². The van der Waals surface area contributed by atoms with Gasteiger partial charge in [0.05, 0.1) is 11.0 Å². The lowest BCUT2D eigenvalue weighted by atomic mass is 10.1. The molecule has 0 radical (unpaired) electrons. The standard InChI is InChI=1S/C14H22N2O3S.ClH/c15-9-4-12-19-13-7-10-16(11-8-13)20(17,18)14-5-2-1-3-6-14;/h1-3,5-6,13H,4,7-12,15H2;1H. The first-order valence-corrected chi connectivity index (χ1v) is 8.45. The van der Waals surface area contributed by atoms with E-state index < -0.39 is 10.0 Å². The van der Waals surface area contributed by atoms with Crippen LogP contribution in [0.2, 0.25) is 0 Å². The van der Waals surface area contributed by atoms with E-state index in [0.717, 1.165) is 19.3 Å². The molecule has 0 spiro atoms. The lowest BCUT2D eigenvalue weighted by Crippen LogP contribution is -2.40. The molecule has 1 aliphatic rings. The number of nitrogens with two attached hydrogens (primary N) is 1. The third-order valence-corrected chi connectivity index (χ3v) is 5.40. The molecular weight excluding hydrogens is 312 g/mol. The fourth-order valence-corrected chi connectivity index (χ4v) is 3.80. The van der Waals surface area contributed by atoms with Crippen molar-refractivity contribution in [2.24, 2.45) is 5.73 Å². The molecule has 0 bridgehead atoms. The molecule has 0 atom stereocenters. The van der Waals surface area contributed by atoms with Crippen molar-refractivity contribution in [1.29, 1.82) is 0 Å². The van der Waals surface area contributed by atoms with Gasteiger partial charge in [0.1, 0.15) is 0 Å². The van der Waals surface area contributed by atoms with Crippen LogP contribution >= 0.6 is 12.4 Å². The average molecular weight is 335 g/mol. The summed E-state index contributed by atoms with van der Waals surface area (Å²) in [5.41, 5.74) is 5.42. The van der Waals surface area contributed by atoms with E-state index in [1.165, 1.54) is 0 Å². The fourth-order valence-electron chi connectivity index (χ4n) is 2.31. The van der Waals surface area contributed by atoms with Gasteiger partial charge < -0.3 is 10.5 Å². The van der Waals surface area contributed by atoms with Crippen molar-refractivity contribution in [1.82, 2.24) is 4.31 Å². The van der Waals surface area contributed by atoms with Crippen molar-refractivity contribution in [2.75, 3.05) is 26.2 Å². The Hall–Kier alpha value is -0.660. The summed E-state index contributed by atoms with van der Waals surface area (Å²) in [6.07, 6.45) is 2.50. The van der Waals surface area contributed by atoms with Crippen LogP contribution in [0.15, 0.2) is 35.2 Å². The summed E-state index contributed by atoms with van der Waals surface area (Å²) in [7, 11) is -3.35. The molecular formula is C14H23ClN2O3S. The number of hydrogen-bond donors (Lipinski definition) is 1. The lowest BCUT2D eigenvalue weighted by Gasteiger charge is -2.31. The van der Waals surface area contributed by atoms with Crippen molar-refractivity contribution < 1.29 is 13.2 Å². The minimum absolute atomic E-state index is 0. The third kappa shape index (κ3) is 4.93. The molecule has 120 valence electrons. The molecule has 1 saturated heterocycles. The minimum atomic E-state index is -3.35. The number of sulfonamides is 1. The molecule has 1 heterocycles. The second kappa shape index (κ2) is 8.70. The highest BCUT2D eigenvalue weighted by atomic mass is 35.5. The van der Waals surface area contributed by atoms with E-state index in [9.17, 15) is 8.42 Å². The van der Waals surface area contributed by atoms with Crippen LogP contribution in [0.5, 0.6) is 0 Å². The molecule has 0 aromatic heterocycles. The fraction of sp³-hybridized carbons (Fsp3) is 0.571. The number of halogens is 1. The van der Waals surface area contributed by atoms with Crippen LogP contribution in [0.3, 0.4) is 0 Å². The molecule has 1 aromatic rings. The number of nitrogens with zero attached hydrogens (tertiary/aromatic N) is 1. The van der Waals surface area contributed by atoms with E-state index >= 15 is 0 Å². The van der Waals surface area contributed by atoms with E-state index in [4.69, 9.17) is 10.5 Å². The maximum absolute atomic E-state index is 12.4. The largest absolute Gasteiger partial charge is 0.378 e. The lowest BCUT2D eigenvalue weighted by molar-refractivity contribution is 0.0209. The number of hydrogen-bond acceptors (Lipinski definition) is 4. The number of rotatable bonds is 6. The van der Waals surface area contributed by atoms with Crippen LogP contribution in [0.1, 0.15) is 19.3 Å². The van der Waals surface area contributed by atoms with Crippen LogP contribution in [0.25, 0.3) is 0 Å². The smallest absolute Gasteiger partial charge is 0.243 e. The molecule has 1 fully saturated rings. The van der Waals surface area contributed by atoms with Crippen molar-refractivity contribution >= 4 is 22.4 Å². The molecule has 1 aromatic carbocycles. The molecule has 0 saturated carbocycles. The first kappa shape index (κ1) is 18.4. The maximum Gasteiger partial charge on any atom is 0.243 e. The summed E-state index contributed by atoms with van der Waals surface area (Å²) in [4.78, 5) is 0.363. The average Bonchev–Trinajstić information content (AvgIpc) is 2.49. The van der Waals surface area contributed by atoms with Gasteiger partial charge in [-0.25, -0.2) is 8.42 Å². The van der Waals surface area contributed by atoms with E-state index in [-0.39, 0.29) is 18.5 Å². The quantitative estimate of drug-likeness (QED) is 0.802. The van der Waals surface area contributed by atoms with Gasteiger partial charge in [-0.2, -0.15) is 4.31 Å². The Morgan fingerprint density at radius 1 is 1.19 bits per heavy atom. The molecule has 0 unspecified atom stereocenters. The molecule has 7 heteroatoms. The predicted octanol–water partition coefficient (Wildman–Crippen LogP) is 1.63. The SMILES string of the molecule is Cl.NCCCOC1CCN(S(=O)(=O)c2ccccc2)CC1. The van der Waals surface area contributed by atoms with Crippen molar-refractivity contribution in [3.63, 3.8) is 0 Å². The Bertz CT molecular complexity index is 502. The molecule has 21 heavy (non-hydrogen) atoms. The van der Waals surface area contributed by atoms with Gasteiger partial charge in [0.15, 0.2) is 0 Å². The summed E-state index contributed by atoms with van der Waals surface area (Å²) < 4.78 is 32.1. The van der Waals surface area contributed by atoms with Crippen molar-refractivity contribution in [3.8, 4) is 0 Å². The topological polar surface area (TPSA) is 72.6 Å². The Morgan fingerprint density at radius 2 is 1.81 bits per heavy atom. The van der Waals surface area contributed by atoms with Gasteiger partial charge in [0, 0.05) is 19.7 Å². The van der Waals surface area contributed by atoms with Gasteiger partial charge in [-0.1, -0.05) is 18.2 Å². The number of benzene rings is 1. The van der Waals surface area contributed by atoms with Gasteiger partial charge in [0.25, 0.3) is 0 Å². The van der Waals surface area contributed by atoms with Crippen LogP contribution in [-0.4, -0.2) is 45.1 Å². The van der Waals surface area contributed by atoms with Crippen LogP contribution in [0, 0.1) is 0 Å². The Balaban J connectivity index is 0.00000220. The zero-order valence-corrected chi connectivity index (χ0v) is 13.6. The number of ether oxygens (including phenoxy) is 1. The third-order valence-electron chi connectivity index (χ3n) is 3.48. The zero-order valence-electron chi connectivity index (χ0n) is 12.0. The Kier molecular flexibility index (Phi) is 7.62. The van der Waals surface area contributed by atoms with Crippen molar-refractivity contribution in [3.05, 3.63) is 30.3 Å². The van der Waals surface area contributed by atoms with Crippen LogP contribution < -0.4 is 5.73 Å². The minimum Gasteiger partial charge on any atom is -0.378 e. The van der Waals surface area contributed by atoms with Gasteiger partial charge in [0.2, 0.25) is 10.0 Å². The van der Waals surface area contributed by atoms with Gasteiger partial charge in [-0.05, 0) is 37.9 Å². The molecule has 0 amide bonds. The molecule has 0 aliphatic carbocycles. The Morgan fingerprint density at radius 3 is 2.38 bits per heavy atom. The molecule has 1 aliphatic heterocycles. The highest BCUT2D eigenvalue weighted by Gasteiger charge is 2.29. The maximum atomic E-state index is 12.4. The summed E-state index contributed by atoms with van der Waals surface area (Å²) in [5.74, 6) is 0. The van der Waals surface area contributed by atoms with Gasteiger partial charge in [-0.15, -0.1) is 12.4 Å². The zero-order chi connectivity index (χ0) is 14.4.